The van der Waals surface area contributed by atoms with Gasteiger partial charge in [-0.2, -0.15) is 0 Å². The van der Waals surface area contributed by atoms with E-state index in [2.05, 4.69) is 16.0 Å². The fraction of sp³-hybridized carbons (Fsp3) is 0.500. The van der Waals surface area contributed by atoms with Gasteiger partial charge in [0.2, 0.25) is 11.8 Å². The first-order valence-corrected chi connectivity index (χ1v) is 14.3. The first-order valence-electron chi connectivity index (χ1n) is 14.3. The van der Waals surface area contributed by atoms with Crippen LogP contribution in [-0.2, 0) is 36.7 Å². The number of alkyl carbamates (subject to hydrolysis) is 1. The number of carbonyl (C=O) groups excluding carboxylic acids is 4. The Kier molecular flexibility index (Phi) is 13.5. The normalized spacial score (nSPS) is 14.8. The molecule has 230 valence electrons. The van der Waals surface area contributed by atoms with E-state index in [1.54, 1.807) is 20.8 Å². The lowest BCUT2D eigenvalue weighted by Crippen LogP contribution is -2.55. The van der Waals surface area contributed by atoms with Gasteiger partial charge in [-0.15, -0.1) is 0 Å². The Balaban J connectivity index is 2.15. The molecule has 10 nitrogen and oxygen atoms in total. The molecule has 4 N–H and O–H groups in total. The Morgan fingerprint density at radius 2 is 1.40 bits per heavy atom. The number of aliphatic hydroxyl groups is 1. The molecule has 0 aliphatic heterocycles. The van der Waals surface area contributed by atoms with Crippen LogP contribution >= 0.6 is 0 Å². The summed E-state index contributed by atoms with van der Waals surface area (Å²) in [5.74, 6) is -1.99. The summed E-state index contributed by atoms with van der Waals surface area (Å²) in [6.07, 6.45) is -1.33. The highest BCUT2D eigenvalue weighted by Gasteiger charge is 2.32. The number of rotatable bonds is 14. The zero-order valence-electron chi connectivity index (χ0n) is 25.4. The van der Waals surface area contributed by atoms with Gasteiger partial charge in [-0.1, -0.05) is 80.9 Å². The molecule has 0 aliphatic rings. The highest BCUT2D eigenvalue weighted by atomic mass is 16.6. The summed E-state index contributed by atoms with van der Waals surface area (Å²) >= 11 is 0. The largest absolute Gasteiger partial charge is 0.467 e. The Morgan fingerprint density at radius 1 is 0.857 bits per heavy atom. The van der Waals surface area contributed by atoms with E-state index in [-0.39, 0.29) is 25.2 Å². The van der Waals surface area contributed by atoms with Gasteiger partial charge in [-0.3, -0.25) is 9.59 Å². The predicted octanol–water partition coefficient (Wildman–Crippen LogP) is 3.30. The van der Waals surface area contributed by atoms with Crippen LogP contribution in [-0.4, -0.2) is 65.9 Å². The highest BCUT2D eigenvalue weighted by Crippen LogP contribution is 2.14. The van der Waals surface area contributed by atoms with E-state index >= 15 is 0 Å². The lowest BCUT2D eigenvalue weighted by atomic mass is 9.96. The van der Waals surface area contributed by atoms with Crippen molar-refractivity contribution in [1.82, 2.24) is 16.0 Å². The number of nitrogens with one attached hydrogen (secondary N) is 3. The minimum absolute atomic E-state index is 0.219. The second kappa shape index (κ2) is 16.5. The molecule has 0 aromatic heterocycles. The smallest absolute Gasteiger partial charge is 0.407 e. The minimum atomic E-state index is -1.28. The molecule has 0 saturated heterocycles. The number of hydrogen-bond acceptors (Lipinski definition) is 7. The zero-order chi connectivity index (χ0) is 31.3. The standard InChI is InChI=1S/C32H45N3O7/c1-7-21(2)28(29(38)33-25(30(39)41-6)19-23-16-12-9-13-17-23)35-27(37)20-26(36)24(18-22-14-10-8-11-15-22)34-31(40)42-32(3,4)5/h8-17,21,24-26,28,36H,7,18-20H2,1-6H3,(H,33,38)(H,34,40)(H,35,37)/t21-,24-,25-,26-,28-/m0/s1. The van der Waals surface area contributed by atoms with Crippen molar-refractivity contribution in [2.45, 2.75) is 90.1 Å². The number of amides is 3. The second-order valence-electron chi connectivity index (χ2n) is 11.4. The molecule has 0 unspecified atom stereocenters. The number of methoxy groups -OCH3 is 1. The number of aliphatic hydroxyl groups excluding tert-OH is 1. The van der Waals surface area contributed by atoms with Gasteiger partial charge in [-0.25, -0.2) is 9.59 Å². The maximum Gasteiger partial charge on any atom is 0.407 e. The number of benzene rings is 2. The average Bonchev–Trinajstić information content (AvgIpc) is 2.94. The van der Waals surface area contributed by atoms with Crippen LogP contribution in [0.1, 0.15) is 58.6 Å². The third-order valence-electron chi connectivity index (χ3n) is 6.76. The maximum atomic E-state index is 13.4. The minimum Gasteiger partial charge on any atom is -0.467 e. The summed E-state index contributed by atoms with van der Waals surface area (Å²) in [5.41, 5.74) is 0.938. The van der Waals surface area contributed by atoms with Crippen molar-refractivity contribution in [2.24, 2.45) is 5.92 Å². The van der Waals surface area contributed by atoms with Crippen LogP contribution in [0.2, 0.25) is 0 Å². The molecule has 2 aromatic carbocycles. The summed E-state index contributed by atoms with van der Waals surface area (Å²) in [5, 5.41) is 19.2. The molecule has 5 atom stereocenters. The van der Waals surface area contributed by atoms with Crippen LogP contribution in [0, 0.1) is 5.92 Å². The quantitative estimate of drug-likeness (QED) is 0.250. The van der Waals surface area contributed by atoms with Gasteiger partial charge in [0.25, 0.3) is 0 Å². The van der Waals surface area contributed by atoms with Crippen LogP contribution in [0.15, 0.2) is 60.7 Å². The maximum absolute atomic E-state index is 13.4. The summed E-state index contributed by atoms with van der Waals surface area (Å²) in [6.45, 7) is 8.88. The monoisotopic (exact) mass is 583 g/mol. The van der Waals surface area contributed by atoms with E-state index in [0.717, 1.165) is 11.1 Å². The Labute approximate surface area is 248 Å². The number of hydrogen-bond donors (Lipinski definition) is 4. The molecule has 3 amide bonds. The molecule has 0 fully saturated rings. The topological polar surface area (TPSA) is 143 Å². The lowest BCUT2D eigenvalue weighted by molar-refractivity contribution is -0.145. The average molecular weight is 584 g/mol. The van der Waals surface area contributed by atoms with E-state index in [1.807, 2.05) is 74.5 Å². The Morgan fingerprint density at radius 3 is 1.90 bits per heavy atom. The van der Waals surface area contributed by atoms with Crippen molar-refractivity contribution in [3.8, 4) is 0 Å². The van der Waals surface area contributed by atoms with E-state index in [0.29, 0.717) is 6.42 Å². The van der Waals surface area contributed by atoms with Crippen molar-refractivity contribution in [2.75, 3.05) is 7.11 Å². The van der Waals surface area contributed by atoms with Crippen molar-refractivity contribution in [3.05, 3.63) is 71.8 Å². The van der Waals surface area contributed by atoms with Crippen LogP contribution in [0.5, 0.6) is 0 Å². The number of ether oxygens (including phenoxy) is 2. The molecule has 2 rings (SSSR count). The molecule has 42 heavy (non-hydrogen) atoms. The summed E-state index contributed by atoms with van der Waals surface area (Å²) in [4.78, 5) is 51.5. The van der Waals surface area contributed by atoms with E-state index < -0.39 is 53.7 Å². The zero-order valence-corrected chi connectivity index (χ0v) is 25.4. The van der Waals surface area contributed by atoms with Crippen molar-refractivity contribution >= 4 is 23.9 Å². The van der Waals surface area contributed by atoms with Gasteiger partial charge < -0.3 is 30.5 Å². The Bertz CT molecular complexity index is 1150. The molecule has 10 heteroatoms. The molecule has 0 heterocycles. The highest BCUT2D eigenvalue weighted by molar-refractivity contribution is 5.91. The van der Waals surface area contributed by atoms with Gasteiger partial charge in [0.15, 0.2) is 0 Å². The fourth-order valence-corrected chi connectivity index (χ4v) is 4.32. The summed E-state index contributed by atoms with van der Waals surface area (Å²) < 4.78 is 10.3. The van der Waals surface area contributed by atoms with Crippen LogP contribution in [0.4, 0.5) is 4.79 Å². The molecule has 2 aromatic rings. The third-order valence-corrected chi connectivity index (χ3v) is 6.76. The lowest BCUT2D eigenvalue weighted by Gasteiger charge is -2.28. The number of carbonyl (C=O) groups is 4. The molecule has 0 spiro atoms. The van der Waals surface area contributed by atoms with Crippen molar-refractivity contribution in [1.29, 1.82) is 0 Å². The SMILES string of the molecule is CC[C@H](C)[C@H](NC(=O)C[C@H](O)[C@H](Cc1ccccc1)NC(=O)OC(C)(C)C)C(=O)N[C@@H](Cc1ccccc1)C(=O)OC. The van der Waals surface area contributed by atoms with Crippen LogP contribution in [0.25, 0.3) is 0 Å². The predicted molar refractivity (Wildman–Crippen MR) is 159 cm³/mol. The van der Waals surface area contributed by atoms with Gasteiger partial charge in [0.05, 0.1) is 25.7 Å². The third kappa shape index (κ3) is 11.9. The van der Waals surface area contributed by atoms with E-state index in [1.165, 1.54) is 7.11 Å². The van der Waals surface area contributed by atoms with Gasteiger partial charge in [0, 0.05) is 6.42 Å². The Hall–Kier alpha value is -3.92. The van der Waals surface area contributed by atoms with Crippen LogP contribution in [0.3, 0.4) is 0 Å². The molecule has 0 radical (unpaired) electrons. The molecular formula is C32H45N3O7. The van der Waals surface area contributed by atoms with E-state index in [4.69, 9.17) is 9.47 Å². The first kappa shape index (κ1) is 34.3. The second-order valence-corrected chi connectivity index (χ2v) is 11.4. The van der Waals surface area contributed by atoms with Gasteiger partial charge in [-0.05, 0) is 44.2 Å². The summed E-state index contributed by atoms with van der Waals surface area (Å²) in [7, 11) is 1.25. The molecule has 0 bridgehead atoms. The first-order chi connectivity index (χ1) is 19.8. The number of esters is 1. The molecule has 0 aliphatic carbocycles. The van der Waals surface area contributed by atoms with Crippen LogP contribution < -0.4 is 16.0 Å². The van der Waals surface area contributed by atoms with Crippen molar-refractivity contribution in [3.63, 3.8) is 0 Å². The van der Waals surface area contributed by atoms with Gasteiger partial charge >= 0.3 is 12.1 Å². The summed E-state index contributed by atoms with van der Waals surface area (Å²) in [6, 6.07) is 15.7. The molecular weight excluding hydrogens is 538 g/mol. The molecule has 0 saturated carbocycles. The fourth-order valence-electron chi connectivity index (χ4n) is 4.32. The van der Waals surface area contributed by atoms with Crippen molar-refractivity contribution < 1.29 is 33.8 Å². The van der Waals surface area contributed by atoms with E-state index in [9.17, 15) is 24.3 Å². The van der Waals surface area contributed by atoms with Gasteiger partial charge in [0.1, 0.15) is 17.7 Å².